The molecule has 1 aliphatic rings. The summed E-state index contributed by atoms with van der Waals surface area (Å²) in [6, 6.07) is 2.27. The monoisotopic (exact) mass is 379 g/mol. The highest BCUT2D eigenvalue weighted by molar-refractivity contribution is 8.00. The Hall–Kier alpha value is -1.52. The molecule has 0 radical (unpaired) electrons. The van der Waals surface area contributed by atoms with E-state index < -0.39 is 0 Å². The molecule has 0 unspecified atom stereocenters. The maximum atomic E-state index is 12.2. The van der Waals surface area contributed by atoms with Crippen molar-refractivity contribution in [3.63, 3.8) is 0 Å². The number of aryl methyl sites for hydroxylation is 1. The van der Waals surface area contributed by atoms with Crippen LogP contribution < -0.4 is 5.32 Å². The van der Waals surface area contributed by atoms with Gasteiger partial charge in [-0.1, -0.05) is 6.42 Å². The minimum absolute atomic E-state index is 0.0587. The summed E-state index contributed by atoms with van der Waals surface area (Å²) in [5.74, 6) is 0.440. The summed E-state index contributed by atoms with van der Waals surface area (Å²) < 4.78 is 0. The molecule has 0 fully saturated rings. The maximum absolute atomic E-state index is 12.2. The Morgan fingerprint density at radius 3 is 2.60 bits per heavy atom. The highest BCUT2D eigenvalue weighted by Crippen LogP contribution is 2.36. The van der Waals surface area contributed by atoms with Gasteiger partial charge in [0.1, 0.15) is 11.1 Å². The van der Waals surface area contributed by atoms with Crippen LogP contribution in [0, 0.1) is 11.3 Å². The molecule has 0 spiro atoms. The molecule has 1 heterocycles. The topological polar surface area (TPSA) is 73.2 Å². The fourth-order valence-corrected chi connectivity index (χ4v) is 4.98. The number of carbonyl (C=O) groups excluding carboxylic acids is 2. The van der Waals surface area contributed by atoms with E-state index in [0.29, 0.717) is 29.4 Å². The van der Waals surface area contributed by atoms with Gasteiger partial charge in [0.2, 0.25) is 11.8 Å². The highest BCUT2D eigenvalue weighted by atomic mass is 32.2. The second-order valence-corrected chi connectivity index (χ2v) is 8.08. The van der Waals surface area contributed by atoms with E-state index in [1.165, 1.54) is 23.1 Å². The third kappa shape index (κ3) is 5.23. The van der Waals surface area contributed by atoms with Gasteiger partial charge in [0.05, 0.1) is 17.1 Å². The van der Waals surface area contributed by atoms with Crippen LogP contribution >= 0.6 is 23.1 Å². The molecule has 0 saturated carbocycles. The number of anilines is 1. The zero-order valence-corrected chi connectivity index (χ0v) is 16.5. The number of thiophene rings is 1. The summed E-state index contributed by atoms with van der Waals surface area (Å²) in [4.78, 5) is 27.1. The SMILES string of the molecule is CCN(CC)C(=O)CSCC(=O)Nc1sc2c(c1C#N)CCCCC2. The Bertz CT molecular complexity index is 660. The second kappa shape index (κ2) is 9.83. The van der Waals surface area contributed by atoms with Crippen molar-refractivity contribution in [1.82, 2.24) is 4.90 Å². The molecular formula is C18H25N3O2S2. The number of nitrogens with zero attached hydrogens (tertiary/aromatic N) is 2. The predicted octanol–water partition coefficient (Wildman–Crippen LogP) is 3.43. The Labute approximate surface area is 157 Å². The van der Waals surface area contributed by atoms with Crippen molar-refractivity contribution in [2.75, 3.05) is 29.9 Å². The van der Waals surface area contributed by atoms with Crippen LogP contribution in [-0.2, 0) is 22.4 Å². The van der Waals surface area contributed by atoms with E-state index in [9.17, 15) is 14.9 Å². The van der Waals surface area contributed by atoms with E-state index in [2.05, 4.69) is 11.4 Å². The minimum Gasteiger partial charge on any atom is -0.343 e. The lowest BCUT2D eigenvalue weighted by Crippen LogP contribution is -2.32. The average molecular weight is 380 g/mol. The van der Waals surface area contributed by atoms with Crippen LogP contribution in [0.2, 0.25) is 0 Å². The molecule has 1 aromatic rings. The molecule has 0 aromatic carbocycles. The van der Waals surface area contributed by atoms with Gasteiger partial charge in [-0.25, -0.2) is 0 Å². The highest BCUT2D eigenvalue weighted by Gasteiger charge is 2.21. The first-order valence-corrected chi connectivity index (χ1v) is 10.8. The lowest BCUT2D eigenvalue weighted by Gasteiger charge is -2.18. The van der Waals surface area contributed by atoms with Gasteiger partial charge in [0, 0.05) is 18.0 Å². The Morgan fingerprint density at radius 1 is 1.20 bits per heavy atom. The Morgan fingerprint density at radius 2 is 1.92 bits per heavy atom. The van der Waals surface area contributed by atoms with Crippen molar-refractivity contribution in [3.8, 4) is 6.07 Å². The molecule has 1 aromatic heterocycles. The molecule has 2 amide bonds. The zero-order chi connectivity index (χ0) is 18.2. The van der Waals surface area contributed by atoms with Crippen molar-refractivity contribution in [2.45, 2.75) is 46.0 Å². The number of fused-ring (bicyclic) bond motifs is 1. The minimum atomic E-state index is -0.148. The number of nitrogens with one attached hydrogen (secondary N) is 1. The van der Waals surface area contributed by atoms with Crippen molar-refractivity contribution < 1.29 is 9.59 Å². The first kappa shape index (κ1) is 19.8. The number of hydrogen-bond donors (Lipinski definition) is 1. The normalized spacial score (nSPS) is 13.5. The van der Waals surface area contributed by atoms with Crippen LogP contribution in [0.3, 0.4) is 0 Å². The molecule has 1 aliphatic carbocycles. The van der Waals surface area contributed by atoms with E-state index >= 15 is 0 Å². The van der Waals surface area contributed by atoms with Gasteiger partial charge in [0.25, 0.3) is 0 Å². The molecule has 25 heavy (non-hydrogen) atoms. The molecule has 0 saturated heterocycles. The van der Waals surface area contributed by atoms with E-state index in [1.807, 2.05) is 13.8 Å². The van der Waals surface area contributed by atoms with E-state index in [1.54, 1.807) is 16.2 Å². The third-order valence-corrected chi connectivity index (χ3v) is 6.49. The molecule has 1 N–H and O–H groups in total. The van der Waals surface area contributed by atoms with E-state index in [-0.39, 0.29) is 17.6 Å². The van der Waals surface area contributed by atoms with Crippen molar-refractivity contribution in [1.29, 1.82) is 5.26 Å². The number of amides is 2. The summed E-state index contributed by atoms with van der Waals surface area (Å²) >= 11 is 2.86. The molecule has 7 heteroatoms. The fourth-order valence-electron chi connectivity index (χ4n) is 3.01. The molecule has 2 rings (SSSR count). The number of thioether (sulfide) groups is 1. The lowest BCUT2D eigenvalue weighted by atomic mass is 10.1. The first-order chi connectivity index (χ1) is 12.1. The second-order valence-electron chi connectivity index (χ2n) is 5.99. The number of carbonyl (C=O) groups is 2. The Kier molecular flexibility index (Phi) is 7.79. The molecule has 0 aliphatic heterocycles. The third-order valence-electron chi connectivity index (χ3n) is 4.36. The van der Waals surface area contributed by atoms with Crippen molar-refractivity contribution >= 4 is 39.9 Å². The summed E-state index contributed by atoms with van der Waals surface area (Å²) in [6.45, 7) is 5.27. The van der Waals surface area contributed by atoms with Gasteiger partial charge < -0.3 is 10.2 Å². The number of hydrogen-bond acceptors (Lipinski definition) is 5. The predicted molar refractivity (Wildman–Crippen MR) is 104 cm³/mol. The van der Waals surface area contributed by atoms with Crippen LogP contribution in [0.5, 0.6) is 0 Å². The van der Waals surface area contributed by atoms with Gasteiger partial charge in [-0.3, -0.25) is 9.59 Å². The summed E-state index contributed by atoms with van der Waals surface area (Å²) in [5.41, 5.74) is 1.77. The first-order valence-electron chi connectivity index (χ1n) is 8.80. The molecule has 5 nitrogen and oxygen atoms in total. The summed E-state index contributed by atoms with van der Waals surface area (Å²) in [5, 5.41) is 13.0. The molecule has 0 bridgehead atoms. The smallest absolute Gasteiger partial charge is 0.235 e. The molecular weight excluding hydrogens is 354 g/mol. The molecule has 136 valence electrons. The lowest BCUT2D eigenvalue weighted by molar-refractivity contribution is -0.127. The zero-order valence-electron chi connectivity index (χ0n) is 14.9. The van der Waals surface area contributed by atoms with E-state index in [0.717, 1.165) is 31.2 Å². The summed E-state index contributed by atoms with van der Waals surface area (Å²) in [6.07, 6.45) is 5.38. The Balaban J connectivity index is 1.91. The fraction of sp³-hybridized carbons (Fsp3) is 0.611. The van der Waals surface area contributed by atoms with Gasteiger partial charge >= 0.3 is 0 Å². The largest absolute Gasteiger partial charge is 0.343 e. The maximum Gasteiger partial charge on any atom is 0.235 e. The molecule has 0 atom stereocenters. The van der Waals surface area contributed by atoms with E-state index in [4.69, 9.17) is 0 Å². The van der Waals surface area contributed by atoms with Gasteiger partial charge in [-0.15, -0.1) is 23.1 Å². The van der Waals surface area contributed by atoms with Gasteiger partial charge in [-0.2, -0.15) is 5.26 Å². The van der Waals surface area contributed by atoms with Gasteiger partial charge in [-0.05, 0) is 45.1 Å². The van der Waals surface area contributed by atoms with Crippen molar-refractivity contribution in [2.24, 2.45) is 0 Å². The van der Waals surface area contributed by atoms with Crippen LogP contribution in [0.4, 0.5) is 5.00 Å². The number of nitriles is 1. The van der Waals surface area contributed by atoms with Crippen LogP contribution in [0.25, 0.3) is 0 Å². The van der Waals surface area contributed by atoms with Crippen LogP contribution in [0.15, 0.2) is 0 Å². The van der Waals surface area contributed by atoms with Crippen molar-refractivity contribution in [3.05, 3.63) is 16.0 Å². The number of rotatable bonds is 7. The standard InChI is InChI=1S/C18H25N3O2S2/c1-3-21(4-2)17(23)12-24-11-16(22)20-18-14(10-19)13-8-6-5-7-9-15(13)25-18/h3-9,11-12H2,1-2H3,(H,20,22). The van der Waals surface area contributed by atoms with Crippen LogP contribution in [-0.4, -0.2) is 41.3 Å². The van der Waals surface area contributed by atoms with Gasteiger partial charge in [0.15, 0.2) is 0 Å². The van der Waals surface area contributed by atoms with Crippen LogP contribution in [0.1, 0.15) is 49.1 Å². The summed E-state index contributed by atoms with van der Waals surface area (Å²) in [7, 11) is 0. The average Bonchev–Trinajstić information content (AvgIpc) is 2.76. The quantitative estimate of drug-likeness (QED) is 0.737.